The Hall–Kier alpha value is -3.92. The number of urea groups is 1. The number of alkyl carbamates (subject to hydrolysis) is 1. The van der Waals surface area contributed by atoms with Crippen LogP contribution in [0.25, 0.3) is 21.9 Å². The molecule has 0 fully saturated rings. The van der Waals surface area contributed by atoms with Gasteiger partial charge in [0.1, 0.15) is 18.2 Å². The van der Waals surface area contributed by atoms with Crippen LogP contribution in [0.4, 0.5) is 21.2 Å². The van der Waals surface area contributed by atoms with Crippen molar-refractivity contribution >= 4 is 34.5 Å². The summed E-state index contributed by atoms with van der Waals surface area (Å²) >= 11 is 0. The van der Waals surface area contributed by atoms with Crippen LogP contribution in [0.15, 0.2) is 42.7 Å². The van der Waals surface area contributed by atoms with E-state index in [4.69, 9.17) is 15.2 Å². The highest BCUT2D eigenvalue weighted by molar-refractivity contribution is 6.01. The number of rotatable bonds is 8. The Labute approximate surface area is 185 Å². The van der Waals surface area contributed by atoms with Gasteiger partial charge >= 0.3 is 12.1 Å². The van der Waals surface area contributed by atoms with E-state index in [-0.39, 0.29) is 19.2 Å². The molecule has 3 amide bonds. The van der Waals surface area contributed by atoms with Gasteiger partial charge in [-0.3, -0.25) is 5.32 Å². The van der Waals surface area contributed by atoms with Crippen LogP contribution in [0.2, 0.25) is 0 Å². The molecule has 2 aromatic heterocycles. The fourth-order valence-corrected chi connectivity index (χ4v) is 3.14. The number of anilines is 2. The van der Waals surface area contributed by atoms with Gasteiger partial charge in [0.05, 0.1) is 6.61 Å². The number of ether oxygens (including phenoxy) is 2. The van der Waals surface area contributed by atoms with Gasteiger partial charge < -0.3 is 25.8 Å². The average molecular weight is 438 g/mol. The first-order valence-corrected chi connectivity index (χ1v) is 10.1. The number of amides is 3. The average Bonchev–Trinajstić information content (AvgIpc) is 2.77. The molecule has 168 valence electrons. The number of carbonyl (C=O) groups excluding carboxylic acids is 2. The Morgan fingerprint density at radius 3 is 2.66 bits per heavy atom. The lowest BCUT2D eigenvalue weighted by Crippen LogP contribution is -2.28. The van der Waals surface area contributed by atoms with Crippen molar-refractivity contribution in [1.29, 1.82) is 0 Å². The van der Waals surface area contributed by atoms with Crippen molar-refractivity contribution in [2.45, 2.75) is 13.5 Å². The molecule has 3 rings (SSSR count). The summed E-state index contributed by atoms with van der Waals surface area (Å²) in [5.41, 5.74) is 8.47. The Kier molecular flexibility index (Phi) is 7.76. The van der Waals surface area contributed by atoms with Crippen molar-refractivity contribution in [3.8, 4) is 11.1 Å². The molecule has 0 aliphatic rings. The largest absolute Gasteiger partial charge is 0.447 e. The highest BCUT2D eigenvalue weighted by atomic mass is 16.6. The van der Waals surface area contributed by atoms with Gasteiger partial charge in [-0.25, -0.2) is 19.6 Å². The minimum atomic E-state index is -0.538. The second-order valence-electron chi connectivity index (χ2n) is 6.82. The summed E-state index contributed by atoms with van der Waals surface area (Å²) < 4.78 is 9.91. The lowest BCUT2D eigenvalue weighted by molar-refractivity contribution is 0.0983. The number of nitrogens with two attached hydrogens (primary N) is 1. The maximum Gasteiger partial charge on any atom is 0.407 e. The first-order valence-electron chi connectivity index (χ1n) is 10.1. The second-order valence-corrected chi connectivity index (χ2v) is 6.82. The molecular weight excluding hydrogens is 412 g/mol. The van der Waals surface area contributed by atoms with E-state index >= 15 is 0 Å². The smallest absolute Gasteiger partial charge is 0.407 e. The van der Waals surface area contributed by atoms with E-state index in [0.717, 1.165) is 27.5 Å². The Bertz CT molecular complexity index is 1100. The van der Waals surface area contributed by atoms with Gasteiger partial charge in [-0.15, -0.1) is 0 Å². The summed E-state index contributed by atoms with van der Waals surface area (Å²) in [5, 5.41) is 9.78. The normalized spacial score (nSPS) is 10.6. The van der Waals surface area contributed by atoms with Gasteiger partial charge in [0.25, 0.3) is 0 Å². The fourth-order valence-electron chi connectivity index (χ4n) is 3.14. The SMILES string of the molecule is CCNC(=O)Nc1cc2c(-c3ccnc(N)c3)ccc(CNC(=O)OCCOC)c2cn1. The summed E-state index contributed by atoms with van der Waals surface area (Å²) in [6.45, 7) is 3.06. The van der Waals surface area contributed by atoms with Crippen LogP contribution in [0.5, 0.6) is 0 Å². The Morgan fingerprint density at radius 1 is 1.06 bits per heavy atom. The van der Waals surface area contributed by atoms with Gasteiger partial charge in [-0.05, 0) is 47.2 Å². The molecular formula is C22H26N6O4. The van der Waals surface area contributed by atoms with Crippen molar-refractivity contribution < 1.29 is 19.1 Å². The molecule has 5 N–H and O–H groups in total. The zero-order chi connectivity index (χ0) is 22.9. The number of carbonyl (C=O) groups is 2. The summed E-state index contributed by atoms with van der Waals surface area (Å²) in [6, 6.07) is 8.91. The van der Waals surface area contributed by atoms with Gasteiger partial charge in [-0.2, -0.15) is 0 Å². The minimum Gasteiger partial charge on any atom is -0.447 e. The maximum atomic E-state index is 11.9. The zero-order valence-electron chi connectivity index (χ0n) is 18.0. The molecule has 0 atom stereocenters. The highest BCUT2D eigenvalue weighted by Crippen LogP contribution is 2.32. The molecule has 10 heteroatoms. The number of nitrogen functional groups attached to an aromatic ring is 1. The van der Waals surface area contributed by atoms with E-state index in [1.165, 1.54) is 7.11 Å². The third kappa shape index (κ3) is 5.82. The van der Waals surface area contributed by atoms with Crippen LogP contribution in [0.1, 0.15) is 12.5 Å². The number of nitrogens with zero attached hydrogens (tertiary/aromatic N) is 2. The van der Waals surface area contributed by atoms with E-state index in [1.807, 2.05) is 25.1 Å². The third-order valence-electron chi connectivity index (χ3n) is 4.61. The van der Waals surface area contributed by atoms with Crippen molar-refractivity contribution in [3.05, 3.63) is 48.3 Å². The monoisotopic (exact) mass is 438 g/mol. The number of aromatic nitrogens is 2. The van der Waals surface area contributed by atoms with Crippen LogP contribution in [-0.4, -0.2) is 49.0 Å². The van der Waals surface area contributed by atoms with Crippen molar-refractivity contribution in [1.82, 2.24) is 20.6 Å². The number of nitrogens with one attached hydrogen (secondary N) is 3. The fraction of sp³-hybridized carbons (Fsp3) is 0.273. The van der Waals surface area contributed by atoms with E-state index in [1.54, 1.807) is 24.5 Å². The number of methoxy groups -OCH3 is 1. The summed E-state index contributed by atoms with van der Waals surface area (Å²) in [7, 11) is 1.54. The Balaban J connectivity index is 1.95. The standard InChI is InChI=1S/C22H26N6O4/c1-3-24-21(29)28-20-11-17-16(14-6-7-25-19(23)10-14)5-4-15(18(17)13-26-20)12-27-22(30)32-9-8-31-2/h4-7,10-11,13H,3,8-9,12H2,1-2H3,(H2,23,25)(H,27,30)(H2,24,26,28,29). The minimum absolute atomic E-state index is 0.169. The number of pyridine rings is 2. The number of hydrogen-bond acceptors (Lipinski definition) is 7. The highest BCUT2D eigenvalue weighted by Gasteiger charge is 2.12. The van der Waals surface area contributed by atoms with E-state index in [9.17, 15) is 9.59 Å². The molecule has 1 aromatic carbocycles. The van der Waals surface area contributed by atoms with Gasteiger partial charge in [-0.1, -0.05) is 12.1 Å². The molecule has 0 unspecified atom stereocenters. The molecule has 0 saturated heterocycles. The number of fused-ring (bicyclic) bond motifs is 1. The molecule has 0 aliphatic heterocycles. The first-order chi connectivity index (χ1) is 15.5. The van der Waals surface area contributed by atoms with Crippen LogP contribution in [0, 0.1) is 0 Å². The van der Waals surface area contributed by atoms with E-state index in [2.05, 4.69) is 25.9 Å². The quantitative estimate of drug-likeness (QED) is 0.396. The van der Waals surface area contributed by atoms with E-state index in [0.29, 0.717) is 24.8 Å². The zero-order valence-corrected chi connectivity index (χ0v) is 18.0. The topological polar surface area (TPSA) is 140 Å². The lowest BCUT2D eigenvalue weighted by Gasteiger charge is -2.14. The predicted octanol–water partition coefficient (Wildman–Crippen LogP) is 2.89. The molecule has 0 spiro atoms. The van der Waals surface area contributed by atoms with Crippen molar-refractivity contribution in [3.63, 3.8) is 0 Å². The van der Waals surface area contributed by atoms with Crippen LogP contribution >= 0.6 is 0 Å². The molecule has 2 heterocycles. The third-order valence-corrected chi connectivity index (χ3v) is 4.61. The molecule has 3 aromatic rings. The second kappa shape index (κ2) is 10.9. The van der Waals surface area contributed by atoms with Crippen LogP contribution in [-0.2, 0) is 16.0 Å². The molecule has 0 radical (unpaired) electrons. The first kappa shape index (κ1) is 22.8. The van der Waals surface area contributed by atoms with Crippen LogP contribution in [0.3, 0.4) is 0 Å². The maximum absolute atomic E-state index is 11.9. The predicted molar refractivity (Wildman–Crippen MR) is 122 cm³/mol. The van der Waals surface area contributed by atoms with Gasteiger partial charge in [0.15, 0.2) is 0 Å². The number of hydrogen-bond donors (Lipinski definition) is 4. The van der Waals surface area contributed by atoms with Crippen molar-refractivity contribution in [2.24, 2.45) is 0 Å². The molecule has 0 saturated carbocycles. The Morgan fingerprint density at radius 2 is 1.91 bits per heavy atom. The summed E-state index contributed by atoms with van der Waals surface area (Å²) in [5.74, 6) is 0.797. The number of benzene rings is 1. The molecule has 32 heavy (non-hydrogen) atoms. The van der Waals surface area contributed by atoms with Gasteiger partial charge in [0, 0.05) is 38.0 Å². The van der Waals surface area contributed by atoms with Gasteiger partial charge in [0.2, 0.25) is 0 Å². The molecule has 0 aliphatic carbocycles. The van der Waals surface area contributed by atoms with E-state index < -0.39 is 6.09 Å². The molecule has 10 nitrogen and oxygen atoms in total. The van der Waals surface area contributed by atoms with Crippen molar-refractivity contribution in [2.75, 3.05) is 37.9 Å². The van der Waals surface area contributed by atoms with Crippen LogP contribution < -0.4 is 21.7 Å². The molecule has 0 bridgehead atoms. The summed E-state index contributed by atoms with van der Waals surface area (Å²) in [6.07, 6.45) is 2.76. The lowest BCUT2D eigenvalue weighted by atomic mass is 9.96. The summed E-state index contributed by atoms with van der Waals surface area (Å²) in [4.78, 5) is 32.3.